The summed E-state index contributed by atoms with van der Waals surface area (Å²) in [5.74, 6) is 2.57. The van der Waals surface area contributed by atoms with Crippen molar-refractivity contribution >= 4 is 5.91 Å². The predicted octanol–water partition coefficient (Wildman–Crippen LogP) is 3.27. The van der Waals surface area contributed by atoms with Crippen molar-refractivity contribution in [1.82, 2.24) is 5.32 Å². The Morgan fingerprint density at radius 3 is 2.31 bits per heavy atom. The van der Waals surface area contributed by atoms with Crippen LogP contribution in [0.25, 0.3) is 0 Å². The highest BCUT2D eigenvalue weighted by atomic mass is 16.1. The number of nitrogens with one attached hydrogen (secondary N) is 1. The molecule has 0 saturated heterocycles. The molecular formula is C14H25NO. The maximum atomic E-state index is 11.3. The first-order valence-corrected chi connectivity index (χ1v) is 6.46. The Kier molecular flexibility index (Phi) is 9.91. The van der Waals surface area contributed by atoms with Crippen molar-refractivity contribution < 1.29 is 4.79 Å². The number of hydrogen-bond acceptors (Lipinski definition) is 1. The van der Waals surface area contributed by atoms with Crippen LogP contribution in [0.2, 0.25) is 0 Å². The van der Waals surface area contributed by atoms with Crippen LogP contribution < -0.4 is 5.32 Å². The summed E-state index contributed by atoms with van der Waals surface area (Å²) in [7, 11) is 0. The van der Waals surface area contributed by atoms with E-state index in [0.29, 0.717) is 6.42 Å². The zero-order chi connectivity index (χ0) is 12.2. The lowest BCUT2D eigenvalue weighted by Gasteiger charge is -2.07. The second kappa shape index (κ2) is 10.5. The molecule has 1 amide bonds. The lowest BCUT2D eigenvalue weighted by atomic mass is 10.1. The van der Waals surface area contributed by atoms with Crippen LogP contribution in [0.3, 0.4) is 0 Å². The summed E-state index contributed by atoms with van der Waals surface area (Å²) < 4.78 is 0. The lowest BCUT2D eigenvalue weighted by Crippen LogP contribution is -2.30. The normalized spacial score (nSPS) is 11.8. The Bertz CT molecular complexity index is 217. The molecule has 2 nitrogen and oxygen atoms in total. The number of amides is 1. The molecule has 0 aromatic heterocycles. The van der Waals surface area contributed by atoms with E-state index in [1.165, 1.54) is 32.1 Å². The van der Waals surface area contributed by atoms with Crippen LogP contribution in [0.1, 0.15) is 65.2 Å². The Balaban J connectivity index is 3.25. The van der Waals surface area contributed by atoms with E-state index >= 15 is 0 Å². The van der Waals surface area contributed by atoms with E-state index in [0.717, 1.165) is 12.8 Å². The third kappa shape index (κ3) is 9.58. The third-order valence-corrected chi connectivity index (χ3v) is 2.63. The Morgan fingerprint density at radius 1 is 1.19 bits per heavy atom. The molecule has 0 aromatic rings. The first kappa shape index (κ1) is 15.0. The fourth-order valence-electron chi connectivity index (χ4n) is 1.60. The van der Waals surface area contributed by atoms with Crippen LogP contribution in [-0.2, 0) is 4.79 Å². The van der Waals surface area contributed by atoms with Gasteiger partial charge in [0, 0.05) is 6.42 Å². The van der Waals surface area contributed by atoms with Crippen LogP contribution in [0, 0.1) is 12.3 Å². The number of rotatable bonds is 9. The Hall–Kier alpha value is -0.970. The summed E-state index contributed by atoms with van der Waals surface area (Å²) in [5.41, 5.74) is 0. The summed E-state index contributed by atoms with van der Waals surface area (Å²) in [5, 5.41) is 2.77. The van der Waals surface area contributed by atoms with Crippen molar-refractivity contribution in [3.8, 4) is 12.3 Å². The van der Waals surface area contributed by atoms with Crippen LogP contribution in [0.4, 0.5) is 0 Å². The molecule has 0 bridgehead atoms. The zero-order valence-corrected chi connectivity index (χ0v) is 10.7. The summed E-state index contributed by atoms with van der Waals surface area (Å²) in [4.78, 5) is 11.3. The van der Waals surface area contributed by atoms with Gasteiger partial charge in [0.25, 0.3) is 0 Å². The molecule has 0 aliphatic heterocycles. The van der Waals surface area contributed by atoms with Gasteiger partial charge in [-0.25, -0.2) is 0 Å². The summed E-state index contributed by atoms with van der Waals surface area (Å²) in [6, 6.07) is -0.142. The molecule has 0 rings (SSSR count). The van der Waals surface area contributed by atoms with Gasteiger partial charge in [-0.15, -0.1) is 6.42 Å². The van der Waals surface area contributed by atoms with Gasteiger partial charge in [-0.05, 0) is 13.3 Å². The molecule has 0 aliphatic carbocycles. The van der Waals surface area contributed by atoms with Crippen molar-refractivity contribution in [2.24, 2.45) is 0 Å². The highest BCUT2D eigenvalue weighted by molar-refractivity contribution is 5.76. The number of carbonyl (C=O) groups is 1. The molecule has 1 N–H and O–H groups in total. The zero-order valence-electron chi connectivity index (χ0n) is 10.7. The van der Waals surface area contributed by atoms with Gasteiger partial charge in [0.15, 0.2) is 0 Å². The molecule has 1 unspecified atom stereocenters. The number of terminal acetylenes is 1. The lowest BCUT2D eigenvalue weighted by molar-refractivity contribution is -0.121. The maximum Gasteiger partial charge on any atom is 0.220 e. The molecular weight excluding hydrogens is 198 g/mol. The van der Waals surface area contributed by atoms with Gasteiger partial charge in [0.05, 0.1) is 6.04 Å². The SMILES string of the molecule is C#CC(C)NC(=O)CCCCCCCCC. The standard InChI is InChI=1S/C14H25NO/c1-4-6-7-8-9-10-11-12-14(16)15-13(3)5-2/h2,13H,4,6-12H2,1,3H3,(H,15,16). The predicted molar refractivity (Wildman–Crippen MR) is 69.0 cm³/mol. The van der Waals surface area contributed by atoms with Crippen molar-refractivity contribution in [1.29, 1.82) is 0 Å². The molecule has 2 heteroatoms. The molecule has 92 valence electrons. The fourth-order valence-corrected chi connectivity index (χ4v) is 1.60. The average molecular weight is 223 g/mol. The number of hydrogen-bond donors (Lipinski definition) is 1. The van der Waals surface area contributed by atoms with Crippen LogP contribution in [0.5, 0.6) is 0 Å². The van der Waals surface area contributed by atoms with Gasteiger partial charge in [-0.1, -0.05) is 51.4 Å². The van der Waals surface area contributed by atoms with Crippen molar-refractivity contribution in [3.63, 3.8) is 0 Å². The number of unbranched alkanes of at least 4 members (excludes halogenated alkanes) is 6. The van der Waals surface area contributed by atoms with Crippen LogP contribution in [0.15, 0.2) is 0 Å². The quantitative estimate of drug-likeness (QED) is 0.472. The molecule has 1 atom stereocenters. The van der Waals surface area contributed by atoms with Crippen LogP contribution >= 0.6 is 0 Å². The molecule has 0 fully saturated rings. The summed E-state index contributed by atoms with van der Waals surface area (Å²) >= 11 is 0. The second-order valence-corrected chi connectivity index (χ2v) is 4.33. The molecule has 0 radical (unpaired) electrons. The minimum atomic E-state index is -0.142. The highest BCUT2D eigenvalue weighted by Gasteiger charge is 2.03. The number of carbonyl (C=O) groups excluding carboxylic acids is 1. The maximum absolute atomic E-state index is 11.3. The molecule has 0 aromatic carbocycles. The topological polar surface area (TPSA) is 29.1 Å². The van der Waals surface area contributed by atoms with Crippen molar-refractivity contribution in [3.05, 3.63) is 0 Å². The minimum Gasteiger partial charge on any atom is -0.343 e. The van der Waals surface area contributed by atoms with E-state index < -0.39 is 0 Å². The van der Waals surface area contributed by atoms with Gasteiger partial charge in [-0.2, -0.15) is 0 Å². The van der Waals surface area contributed by atoms with E-state index in [9.17, 15) is 4.79 Å². The monoisotopic (exact) mass is 223 g/mol. The van der Waals surface area contributed by atoms with E-state index in [2.05, 4.69) is 18.2 Å². The summed E-state index contributed by atoms with van der Waals surface area (Å²) in [6.07, 6.45) is 14.4. The molecule has 0 aliphatic rings. The molecule has 16 heavy (non-hydrogen) atoms. The first-order chi connectivity index (χ1) is 7.70. The van der Waals surface area contributed by atoms with E-state index in [-0.39, 0.29) is 11.9 Å². The van der Waals surface area contributed by atoms with Gasteiger partial charge in [-0.3, -0.25) is 4.79 Å². The molecule has 0 spiro atoms. The van der Waals surface area contributed by atoms with Crippen molar-refractivity contribution in [2.75, 3.05) is 0 Å². The van der Waals surface area contributed by atoms with Gasteiger partial charge < -0.3 is 5.32 Å². The van der Waals surface area contributed by atoms with E-state index in [4.69, 9.17) is 6.42 Å². The van der Waals surface area contributed by atoms with Gasteiger partial charge >= 0.3 is 0 Å². The van der Waals surface area contributed by atoms with E-state index in [1.807, 2.05) is 6.92 Å². The largest absolute Gasteiger partial charge is 0.343 e. The van der Waals surface area contributed by atoms with Crippen molar-refractivity contribution in [2.45, 2.75) is 71.3 Å². The second-order valence-electron chi connectivity index (χ2n) is 4.33. The Morgan fingerprint density at radius 2 is 1.75 bits per heavy atom. The molecule has 0 heterocycles. The average Bonchev–Trinajstić information content (AvgIpc) is 2.27. The van der Waals surface area contributed by atoms with Gasteiger partial charge in [0.2, 0.25) is 5.91 Å². The van der Waals surface area contributed by atoms with Gasteiger partial charge in [0.1, 0.15) is 0 Å². The summed E-state index contributed by atoms with van der Waals surface area (Å²) in [6.45, 7) is 4.04. The first-order valence-electron chi connectivity index (χ1n) is 6.46. The smallest absolute Gasteiger partial charge is 0.220 e. The van der Waals surface area contributed by atoms with E-state index in [1.54, 1.807) is 0 Å². The fraction of sp³-hybridized carbons (Fsp3) is 0.786. The Labute approximate surface area is 100 Å². The minimum absolute atomic E-state index is 0.0824. The van der Waals surface area contributed by atoms with Crippen LogP contribution in [-0.4, -0.2) is 11.9 Å². The third-order valence-electron chi connectivity index (χ3n) is 2.63. The molecule has 0 saturated carbocycles. The highest BCUT2D eigenvalue weighted by Crippen LogP contribution is 2.08.